The molecule has 0 aliphatic carbocycles. The summed E-state index contributed by atoms with van der Waals surface area (Å²) in [6.45, 7) is 5.16. The average molecular weight is 237 g/mol. The second kappa shape index (κ2) is 5.34. The third-order valence-electron chi connectivity index (χ3n) is 2.18. The summed E-state index contributed by atoms with van der Waals surface area (Å²) < 4.78 is 5.07. The summed E-state index contributed by atoms with van der Waals surface area (Å²) >= 11 is 0. The minimum atomic E-state index is -1.11. The van der Waals surface area contributed by atoms with Gasteiger partial charge in [0.15, 0.2) is 0 Å². The van der Waals surface area contributed by atoms with Crippen LogP contribution in [0.25, 0.3) is 0 Å². The molecular formula is C12H15NO4. The van der Waals surface area contributed by atoms with Crippen LogP contribution in [0.2, 0.25) is 0 Å². The van der Waals surface area contributed by atoms with Crippen LogP contribution in [0, 0.1) is 20.8 Å². The van der Waals surface area contributed by atoms with Crippen LogP contribution in [0.3, 0.4) is 0 Å². The summed E-state index contributed by atoms with van der Waals surface area (Å²) in [6, 6.07) is 3.79. The van der Waals surface area contributed by atoms with Crippen LogP contribution in [0.15, 0.2) is 12.1 Å². The molecular weight excluding hydrogens is 222 g/mol. The fourth-order valence-corrected chi connectivity index (χ4v) is 1.60. The first-order chi connectivity index (χ1) is 7.90. The van der Waals surface area contributed by atoms with Gasteiger partial charge in [-0.2, -0.15) is 0 Å². The van der Waals surface area contributed by atoms with E-state index in [-0.39, 0.29) is 0 Å². The Morgan fingerprint density at radius 1 is 1.24 bits per heavy atom. The smallest absolute Gasteiger partial charge is 0.413 e. The summed E-state index contributed by atoms with van der Waals surface area (Å²) in [4.78, 5) is 21.6. The van der Waals surface area contributed by atoms with E-state index in [4.69, 9.17) is 9.84 Å². The second-order valence-corrected chi connectivity index (χ2v) is 3.86. The van der Waals surface area contributed by atoms with Gasteiger partial charge in [-0.05, 0) is 31.9 Å². The summed E-state index contributed by atoms with van der Waals surface area (Å²) in [6.07, 6.45) is -0.762. The molecule has 0 spiro atoms. The lowest BCUT2D eigenvalue weighted by Crippen LogP contribution is -2.32. The lowest BCUT2D eigenvalue weighted by molar-refractivity contribution is -0.135. The molecule has 0 unspecified atom stereocenters. The quantitative estimate of drug-likeness (QED) is 0.840. The molecule has 0 heterocycles. The number of hydrogen-bond acceptors (Lipinski definition) is 3. The Labute approximate surface area is 99.4 Å². The molecule has 2 N–H and O–H groups in total. The predicted molar refractivity (Wildman–Crippen MR) is 62.3 cm³/mol. The number of carboxylic acid groups (broad SMARTS) is 1. The first-order valence-electron chi connectivity index (χ1n) is 5.15. The average Bonchev–Trinajstić information content (AvgIpc) is 2.20. The molecule has 1 aromatic carbocycles. The van der Waals surface area contributed by atoms with Crippen molar-refractivity contribution in [1.29, 1.82) is 0 Å². The van der Waals surface area contributed by atoms with Crippen molar-refractivity contribution in [2.75, 3.05) is 6.54 Å². The molecule has 1 amide bonds. The maximum absolute atomic E-state index is 11.3. The van der Waals surface area contributed by atoms with Gasteiger partial charge >= 0.3 is 12.1 Å². The van der Waals surface area contributed by atoms with E-state index in [1.165, 1.54) is 0 Å². The number of carbonyl (C=O) groups is 2. The van der Waals surface area contributed by atoms with E-state index in [1.54, 1.807) is 0 Å². The van der Waals surface area contributed by atoms with E-state index >= 15 is 0 Å². The van der Waals surface area contributed by atoms with Gasteiger partial charge in [-0.3, -0.25) is 4.79 Å². The van der Waals surface area contributed by atoms with Crippen LogP contribution in [-0.4, -0.2) is 23.7 Å². The maximum atomic E-state index is 11.3. The maximum Gasteiger partial charge on any atom is 0.413 e. The van der Waals surface area contributed by atoms with Gasteiger partial charge in [0.05, 0.1) is 0 Å². The van der Waals surface area contributed by atoms with Crippen molar-refractivity contribution in [2.24, 2.45) is 0 Å². The van der Waals surface area contributed by atoms with Gasteiger partial charge in [-0.1, -0.05) is 17.7 Å². The lowest BCUT2D eigenvalue weighted by Gasteiger charge is -2.11. The van der Waals surface area contributed by atoms with E-state index in [2.05, 4.69) is 5.32 Å². The fourth-order valence-electron chi connectivity index (χ4n) is 1.60. The van der Waals surface area contributed by atoms with E-state index in [0.29, 0.717) is 5.75 Å². The van der Waals surface area contributed by atoms with E-state index < -0.39 is 18.6 Å². The van der Waals surface area contributed by atoms with Crippen molar-refractivity contribution in [1.82, 2.24) is 5.32 Å². The van der Waals surface area contributed by atoms with Gasteiger partial charge in [0.2, 0.25) is 0 Å². The van der Waals surface area contributed by atoms with Gasteiger partial charge in [0.25, 0.3) is 0 Å². The molecule has 5 heteroatoms. The largest absolute Gasteiger partial charge is 0.480 e. The van der Waals surface area contributed by atoms with E-state index in [1.807, 2.05) is 32.9 Å². The van der Waals surface area contributed by atoms with Crippen LogP contribution in [0.1, 0.15) is 16.7 Å². The van der Waals surface area contributed by atoms with Crippen LogP contribution < -0.4 is 10.1 Å². The molecule has 0 saturated heterocycles. The minimum Gasteiger partial charge on any atom is -0.480 e. The van der Waals surface area contributed by atoms with Gasteiger partial charge in [0.1, 0.15) is 12.3 Å². The Morgan fingerprint density at radius 3 is 2.24 bits per heavy atom. The molecule has 0 fully saturated rings. The summed E-state index contributed by atoms with van der Waals surface area (Å²) in [5.41, 5.74) is 2.76. The molecule has 0 aliphatic heterocycles. The normalized spacial score (nSPS) is 9.82. The third kappa shape index (κ3) is 3.79. The Hall–Kier alpha value is -2.04. The van der Waals surface area contributed by atoms with Gasteiger partial charge in [-0.15, -0.1) is 0 Å². The highest BCUT2D eigenvalue weighted by atomic mass is 16.6. The molecule has 5 nitrogen and oxygen atoms in total. The van der Waals surface area contributed by atoms with Crippen molar-refractivity contribution < 1.29 is 19.4 Å². The highest BCUT2D eigenvalue weighted by Gasteiger charge is 2.11. The molecule has 0 saturated carbocycles. The highest BCUT2D eigenvalue weighted by molar-refractivity contribution is 5.78. The fraction of sp³-hybridized carbons (Fsp3) is 0.333. The Bertz CT molecular complexity index is 431. The lowest BCUT2D eigenvalue weighted by atomic mass is 10.1. The number of carbonyl (C=O) groups excluding carboxylic acids is 1. The molecule has 0 aliphatic rings. The SMILES string of the molecule is Cc1cc(C)c(OC(=O)NCC(=O)O)c(C)c1. The number of aliphatic carboxylic acids is 1. The van der Waals surface area contributed by atoms with Crippen molar-refractivity contribution in [2.45, 2.75) is 20.8 Å². The topological polar surface area (TPSA) is 75.6 Å². The Balaban J connectivity index is 2.75. The number of hydrogen-bond donors (Lipinski definition) is 2. The number of aryl methyl sites for hydroxylation is 3. The molecule has 0 aromatic heterocycles. The minimum absolute atomic E-state index is 0.456. The molecule has 0 bridgehead atoms. The van der Waals surface area contributed by atoms with E-state index in [9.17, 15) is 9.59 Å². The Morgan fingerprint density at radius 2 is 1.76 bits per heavy atom. The molecule has 17 heavy (non-hydrogen) atoms. The zero-order chi connectivity index (χ0) is 13.0. The van der Waals surface area contributed by atoms with Crippen LogP contribution in [0.4, 0.5) is 4.79 Å². The highest BCUT2D eigenvalue weighted by Crippen LogP contribution is 2.24. The first kappa shape index (κ1) is 13.0. The Kier molecular flexibility index (Phi) is 4.09. The number of carboxylic acids is 1. The number of benzene rings is 1. The van der Waals surface area contributed by atoms with Crippen molar-refractivity contribution in [3.8, 4) is 5.75 Å². The zero-order valence-electron chi connectivity index (χ0n) is 10.0. The summed E-state index contributed by atoms with van der Waals surface area (Å²) in [5, 5.41) is 10.5. The summed E-state index contributed by atoms with van der Waals surface area (Å²) in [7, 11) is 0. The molecule has 92 valence electrons. The van der Waals surface area contributed by atoms with Crippen LogP contribution >= 0.6 is 0 Å². The number of ether oxygens (including phenoxy) is 1. The van der Waals surface area contributed by atoms with Crippen molar-refractivity contribution in [3.05, 3.63) is 28.8 Å². The molecule has 1 rings (SSSR count). The second-order valence-electron chi connectivity index (χ2n) is 3.86. The van der Waals surface area contributed by atoms with E-state index in [0.717, 1.165) is 16.7 Å². The molecule has 0 radical (unpaired) electrons. The van der Waals surface area contributed by atoms with Crippen molar-refractivity contribution in [3.63, 3.8) is 0 Å². The first-order valence-corrected chi connectivity index (χ1v) is 5.15. The van der Waals surface area contributed by atoms with Crippen LogP contribution in [0.5, 0.6) is 5.75 Å². The summed E-state index contributed by atoms with van der Waals surface area (Å²) in [5.74, 6) is -0.641. The number of amides is 1. The van der Waals surface area contributed by atoms with Crippen LogP contribution in [-0.2, 0) is 4.79 Å². The monoisotopic (exact) mass is 237 g/mol. The van der Waals surface area contributed by atoms with Gasteiger partial charge in [0, 0.05) is 0 Å². The predicted octanol–water partition coefficient (Wildman–Crippen LogP) is 1.78. The van der Waals surface area contributed by atoms with Gasteiger partial charge < -0.3 is 15.2 Å². The zero-order valence-corrected chi connectivity index (χ0v) is 10.0. The number of nitrogens with one attached hydrogen (secondary N) is 1. The molecule has 0 atom stereocenters. The van der Waals surface area contributed by atoms with Crippen molar-refractivity contribution >= 4 is 12.1 Å². The third-order valence-corrected chi connectivity index (χ3v) is 2.18. The van der Waals surface area contributed by atoms with Gasteiger partial charge in [-0.25, -0.2) is 4.79 Å². The molecule has 1 aromatic rings. The standard InChI is InChI=1S/C12H15NO4/c1-7-4-8(2)11(9(3)5-7)17-12(16)13-6-10(14)15/h4-5H,6H2,1-3H3,(H,13,16)(H,14,15). The number of rotatable bonds is 3.